The van der Waals surface area contributed by atoms with Crippen LogP contribution < -0.4 is 5.32 Å². The van der Waals surface area contributed by atoms with Crippen molar-refractivity contribution in [3.63, 3.8) is 0 Å². The zero-order valence-electron chi connectivity index (χ0n) is 12.8. The summed E-state index contributed by atoms with van der Waals surface area (Å²) in [5.41, 5.74) is 4.25. The smallest absolute Gasteiger partial charge is 0.0534 e. The van der Waals surface area contributed by atoms with Crippen LogP contribution in [0.15, 0.2) is 30.6 Å². The molecule has 2 aliphatic heterocycles. The van der Waals surface area contributed by atoms with E-state index < -0.39 is 0 Å². The highest BCUT2D eigenvalue weighted by Gasteiger charge is 2.40. The fourth-order valence-corrected chi connectivity index (χ4v) is 4.03. The van der Waals surface area contributed by atoms with E-state index >= 15 is 0 Å². The minimum absolute atomic E-state index is 0.131. The summed E-state index contributed by atoms with van der Waals surface area (Å²) in [6, 6.07) is 6.33. The number of rotatable bonds is 2. The Morgan fingerprint density at radius 1 is 1.32 bits per heavy atom. The Labute approximate surface area is 136 Å². The summed E-state index contributed by atoms with van der Waals surface area (Å²) in [6.45, 7) is 4.17. The van der Waals surface area contributed by atoms with E-state index in [2.05, 4.69) is 33.6 Å². The van der Waals surface area contributed by atoms with Gasteiger partial charge in [0, 0.05) is 55.5 Å². The van der Waals surface area contributed by atoms with Crippen LogP contribution in [0.3, 0.4) is 0 Å². The third kappa shape index (κ3) is 2.45. The Bertz CT molecular complexity index is 686. The van der Waals surface area contributed by atoms with E-state index in [1.165, 1.54) is 16.7 Å². The average Bonchev–Trinajstić information content (AvgIpc) is 3.07. The van der Waals surface area contributed by atoms with Crippen LogP contribution in [0.25, 0.3) is 0 Å². The van der Waals surface area contributed by atoms with Crippen LogP contribution in [0.4, 0.5) is 0 Å². The first-order valence-corrected chi connectivity index (χ1v) is 8.26. The van der Waals surface area contributed by atoms with Crippen molar-refractivity contribution in [3.8, 4) is 0 Å². The van der Waals surface area contributed by atoms with Gasteiger partial charge in [0.25, 0.3) is 0 Å². The molecule has 3 heterocycles. The second-order valence-electron chi connectivity index (χ2n) is 6.54. The quantitative estimate of drug-likeness (QED) is 0.924. The third-order valence-corrected chi connectivity index (χ3v) is 5.31. The molecule has 116 valence electrons. The molecule has 0 unspecified atom stereocenters. The van der Waals surface area contributed by atoms with Crippen LogP contribution >= 0.6 is 11.6 Å². The third-order valence-electron chi connectivity index (χ3n) is 5.08. The Morgan fingerprint density at radius 2 is 2.14 bits per heavy atom. The molecule has 1 fully saturated rings. The van der Waals surface area contributed by atoms with Gasteiger partial charge in [-0.1, -0.05) is 17.7 Å². The largest absolute Gasteiger partial charge is 0.303 e. The minimum Gasteiger partial charge on any atom is -0.303 e. The molecule has 22 heavy (non-hydrogen) atoms. The van der Waals surface area contributed by atoms with Crippen LogP contribution in [0.5, 0.6) is 0 Å². The van der Waals surface area contributed by atoms with E-state index in [0.29, 0.717) is 0 Å². The summed E-state index contributed by atoms with van der Waals surface area (Å²) in [5, 5.41) is 8.85. The van der Waals surface area contributed by atoms with Crippen molar-refractivity contribution >= 4 is 11.6 Å². The standard InChI is InChI=1S/C17H21ClN4/c1-21-11-13(9-20-21)12-22-6-4-17(5-7-22)16-8-15(18)3-2-14(16)10-19-17/h2-3,8-9,11,19H,4-7,10,12H2,1H3. The molecule has 1 aromatic heterocycles. The van der Waals surface area contributed by atoms with Crippen molar-refractivity contribution in [1.82, 2.24) is 20.0 Å². The Kier molecular flexibility index (Phi) is 3.48. The van der Waals surface area contributed by atoms with Gasteiger partial charge in [-0.3, -0.25) is 9.58 Å². The molecule has 0 amide bonds. The molecule has 1 saturated heterocycles. The monoisotopic (exact) mass is 316 g/mol. The summed E-state index contributed by atoms with van der Waals surface area (Å²) in [7, 11) is 1.97. The number of hydrogen-bond donors (Lipinski definition) is 1. The lowest BCUT2D eigenvalue weighted by Gasteiger charge is -2.40. The number of benzene rings is 1. The van der Waals surface area contributed by atoms with Gasteiger partial charge in [-0.25, -0.2) is 0 Å². The Morgan fingerprint density at radius 3 is 2.86 bits per heavy atom. The molecular formula is C17H21ClN4. The number of fused-ring (bicyclic) bond motifs is 2. The van der Waals surface area contributed by atoms with Gasteiger partial charge in [0.05, 0.1) is 6.20 Å². The predicted octanol–water partition coefficient (Wildman–Crippen LogP) is 2.67. The van der Waals surface area contributed by atoms with Gasteiger partial charge in [-0.05, 0) is 36.1 Å². The van der Waals surface area contributed by atoms with E-state index in [-0.39, 0.29) is 5.54 Å². The van der Waals surface area contributed by atoms with Crippen LogP contribution in [0, 0.1) is 0 Å². The minimum atomic E-state index is 0.131. The number of piperidine rings is 1. The molecule has 0 bridgehead atoms. The number of aryl methyl sites for hydroxylation is 1. The van der Waals surface area contributed by atoms with E-state index in [0.717, 1.165) is 44.0 Å². The van der Waals surface area contributed by atoms with Gasteiger partial charge in [0.15, 0.2) is 0 Å². The number of aromatic nitrogens is 2. The fourth-order valence-electron chi connectivity index (χ4n) is 3.86. The van der Waals surface area contributed by atoms with Crippen molar-refractivity contribution in [2.75, 3.05) is 13.1 Å². The molecule has 0 radical (unpaired) electrons. The fraction of sp³-hybridized carbons (Fsp3) is 0.471. The van der Waals surface area contributed by atoms with Gasteiger partial charge >= 0.3 is 0 Å². The molecular weight excluding hydrogens is 296 g/mol. The highest BCUT2D eigenvalue weighted by atomic mass is 35.5. The first-order valence-electron chi connectivity index (χ1n) is 7.88. The second-order valence-corrected chi connectivity index (χ2v) is 6.97. The number of halogens is 1. The number of hydrogen-bond acceptors (Lipinski definition) is 3. The van der Waals surface area contributed by atoms with Crippen LogP contribution in [-0.4, -0.2) is 27.8 Å². The summed E-state index contributed by atoms with van der Waals surface area (Å²) in [5.74, 6) is 0. The van der Waals surface area contributed by atoms with E-state index in [1.54, 1.807) is 0 Å². The lowest BCUT2D eigenvalue weighted by Crippen LogP contribution is -2.47. The molecule has 1 N–H and O–H groups in total. The van der Waals surface area contributed by atoms with E-state index in [4.69, 9.17) is 11.6 Å². The topological polar surface area (TPSA) is 33.1 Å². The van der Waals surface area contributed by atoms with Gasteiger partial charge in [-0.2, -0.15) is 5.10 Å². The molecule has 0 atom stereocenters. The predicted molar refractivity (Wildman–Crippen MR) is 87.7 cm³/mol. The SMILES string of the molecule is Cn1cc(CN2CCC3(CC2)NCc2ccc(Cl)cc23)cn1. The highest BCUT2D eigenvalue weighted by molar-refractivity contribution is 6.30. The van der Waals surface area contributed by atoms with Crippen molar-refractivity contribution in [1.29, 1.82) is 0 Å². The summed E-state index contributed by atoms with van der Waals surface area (Å²) in [6.07, 6.45) is 6.35. The molecule has 4 nitrogen and oxygen atoms in total. The van der Waals surface area contributed by atoms with Crippen molar-refractivity contribution < 1.29 is 0 Å². The normalized spacial score (nSPS) is 20.5. The van der Waals surface area contributed by atoms with Crippen LogP contribution in [-0.2, 0) is 25.7 Å². The summed E-state index contributed by atoms with van der Waals surface area (Å²) < 4.78 is 1.87. The number of likely N-dealkylation sites (tertiary alicyclic amines) is 1. The van der Waals surface area contributed by atoms with Crippen molar-refractivity contribution in [2.45, 2.75) is 31.5 Å². The molecule has 2 aromatic rings. The Hall–Kier alpha value is -1.36. The maximum Gasteiger partial charge on any atom is 0.0534 e. The second kappa shape index (κ2) is 5.37. The van der Waals surface area contributed by atoms with Gasteiger partial charge in [0.1, 0.15) is 0 Å². The molecule has 2 aliphatic rings. The van der Waals surface area contributed by atoms with Crippen LogP contribution in [0.1, 0.15) is 29.5 Å². The highest BCUT2D eigenvalue weighted by Crippen LogP contribution is 2.40. The molecule has 1 aromatic carbocycles. The van der Waals surface area contributed by atoms with Gasteiger partial charge in [-0.15, -0.1) is 0 Å². The molecule has 4 rings (SSSR count). The zero-order chi connectivity index (χ0) is 15.2. The first kappa shape index (κ1) is 14.2. The Balaban J connectivity index is 1.47. The van der Waals surface area contributed by atoms with Crippen molar-refractivity contribution in [2.24, 2.45) is 7.05 Å². The summed E-state index contributed by atoms with van der Waals surface area (Å²) in [4.78, 5) is 2.52. The molecule has 0 saturated carbocycles. The lowest BCUT2D eigenvalue weighted by atomic mass is 9.82. The van der Waals surface area contributed by atoms with Gasteiger partial charge < -0.3 is 5.32 Å². The van der Waals surface area contributed by atoms with Crippen LogP contribution in [0.2, 0.25) is 5.02 Å². The molecule has 1 spiro atoms. The average molecular weight is 317 g/mol. The molecule has 5 heteroatoms. The maximum absolute atomic E-state index is 6.22. The molecule has 0 aliphatic carbocycles. The van der Waals surface area contributed by atoms with Crippen molar-refractivity contribution in [3.05, 3.63) is 52.3 Å². The maximum atomic E-state index is 6.22. The zero-order valence-corrected chi connectivity index (χ0v) is 13.6. The van der Waals surface area contributed by atoms with E-state index in [9.17, 15) is 0 Å². The number of nitrogens with one attached hydrogen (secondary N) is 1. The first-order chi connectivity index (χ1) is 10.6. The lowest BCUT2D eigenvalue weighted by molar-refractivity contribution is 0.136. The number of nitrogens with zero attached hydrogens (tertiary/aromatic N) is 3. The van der Waals surface area contributed by atoms with E-state index in [1.807, 2.05) is 24.0 Å². The van der Waals surface area contributed by atoms with Gasteiger partial charge in [0.2, 0.25) is 0 Å². The summed E-state index contributed by atoms with van der Waals surface area (Å²) >= 11 is 6.22.